The first-order valence-electron chi connectivity index (χ1n) is 10.2. The Labute approximate surface area is 174 Å². The Kier molecular flexibility index (Phi) is 5.85. The highest BCUT2D eigenvalue weighted by atomic mass is 16.5. The molecule has 0 atom stereocenters. The van der Waals surface area contributed by atoms with E-state index < -0.39 is 0 Å². The number of hydrogen-bond acceptors (Lipinski definition) is 6. The van der Waals surface area contributed by atoms with Crippen molar-refractivity contribution in [1.82, 2.24) is 19.1 Å². The molecule has 1 fully saturated rings. The fourth-order valence-corrected chi connectivity index (χ4v) is 4.02. The number of carbonyl (C=O) groups is 1. The molecule has 0 N–H and O–H groups in total. The molecule has 3 heterocycles. The number of nitrogens with zero attached hydrogens (tertiary/aromatic N) is 4. The average Bonchev–Trinajstić information content (AvgIpc) is 3.11. The van der Waals surface area contributed by atoms with E-state index in [9.17, 15) is 9.59 Å². The van der Waals surface area contributed by atoms with Gasteiger partial charge in [-0.3, -0.25) is 9.69 Å². The summed E-state index contributed by atoms with van der Waals surface area (Å²) in [5.41, 5.74) is 2.23. The van der Waals surface area contributed by atoms with E-state index in [-0.39, 0.29) is 11.7 Å². The van der Waals surface area contributed by atoms with E-state index in [1.807, 2.05) is 25.1 Å². The molecule has 4 rings (SSSR count). The highest BCUT2D eigenvalue weighted by Crippen LogP contribution is 2.28. The maximum absolute atomic E-state index is 12.8. The lowest BCUT2D eigenvalue weighted by Crippen LogP contribution is -2.37. The Morgan fingerprint density at radius 2 is 1.87 bits per heavy atom. The fourth-order valence-electron chi connectivity index (χ4n) is 4.02. The molecule has 1 saturated heterocycles. The van der Waals surface area contributed by atoms with Gasteiger partial charge in [-0.05, 0) is 68.6 Å². The number of methoxy groups -OCH3 is 1. The van der Waals surface area contributed by atoms with Gasteiger partial charge in [0.25, 0.3) is 0 Å². The lowest BCUT2D eigenvalue weighted by molar-refractivity contribution is -0.144. The number of rotatable bonds is 6. The molecule has 1 aliphatic heterocycles. The zero-order valence-electron chi connectivity index (χ0n) is 17.3. The van der Waals surface area contributed by atoms with Gasteiger partial charge in [0.05, 0.1) is 25.9 Å². The molecule has 8 heteroatoms. The van der Waals surface area contributed by atoms with Crippen molar-refractivity contribution in [2.45, 2.75) is 25.7 Å². The van der Waals surface area contributed by atoms with E-state index in [0.29, 0.717) is 36.3 Å². The molecule has 0 radical (unpaired) electrons. The maximum Gasteiger partial charge on any atom is 0.358 e. The van der Waals surface area contributed by atoms with Crippen LogP contribution in [0.25, 0.3) is 11.3 Å². The van der Waals surface area contributed by atoms with Gasteiger partial charge in [-0.2, -0.15) is 4.68 Å². The van der Waals surface area contributed by atoms with Crippen LogP contribution in [0.15, 0.2) is 47.3 Å². The SMILES string of the molecule is CCOC(=O)CN1CCC(c2ccc(-n3nc4cccc(OC)n4c3=O)cc2)CC1. The van der Waals surface area contributed by atoms with Gasteiger partial charge in [0.15, 0.2) is 5.65 Å². The van der Waals surface area contributed by atoms with Gasteiger partial charge in [0, 0.05) is 0 Å². The average molecular weight is 410 g/mol. The highest BCUT2D eigenvalue weighted by molar-refractivity contribution is 5.71. The summed E-state index contributed by atoms with van der Waals surface area (Å²) in [6.07, 6.45) is 1.98. The van der Waals surface area contributed by atoms with Crippen molar-refractivity contribution in [2.24, 2.45) is 0 Å². The predicted octanol–water partition coefficient (Wildman–Crippen LogP) is 2.24. The van der Waals surface area contributed by atoms with Crippen molar-refractivity contribution in [3.63, 3.8) is 0 Å². The second-order valence-electron chi connectivity index (χ2n) is 7.40. The second-order valence-corrected chi connectivity index (χ2v) is 7.40. The summed E-state index contributed by atoms with van der Waals surface area (Å²) in [6.45, 7) is 4.35. The molecule has 0 aliphatic carbocycles. The first kappa shape index (κ1) is 20.2. The zero-order valence-corrected chi connectivity index (χ0v) is 17.3. The van der Waals surface area contributed by atoms with E-state index in [2.05, 4.69) is 22.1 Å². The predicted molar refractivity (Wildman–Crippen MR) is 112 cm³/mol. The summed E-state index contributed by atoms with van der Waals surface area (Å²) >= 11 is 0. The van der Waals surface area contributed by atoms with Crippen LogP contribution in [0, 0.1) is 0 Å². The monoisotopic (exact) mass is 410 g/mol. The first-order valence-corrected chi connectivity index (χ1v) is 10.2. The minimum Gasteiger partial charge on any atom is -0.482 e. The lowest BCUT2D eigenvalue weighted by atomic mass is 9.89. The van der Waals surface area contributed by atoms with Gasteiger partial charge >= 0.3 is 11.7 Å². The van der Waals surface area contributed by atoms with Crippen LogP contribution < -0.4 is 10.4 Å². The van der Waals surface area contributed by atoms with Gasteiger partial charge in [0.1, 0.15) is 0 Å². The second kappa shape index (κ2) is 8.71. The normalized spacial score (nSPS) is 15.4. The van der Waals surface area contributed by atoms with E-state index in [4.69, 9.17) is 9.47 Å². The van der Waals surface area contributed by atoms with Gasteiger partial charge in [-0.1, -0.05) is 18.2 Å². The van der Waals surface area contributed by atoms with Crippen LogP contribution in [0.3, 0.4) is 0 Å². The lowest BCUT2D eigenvalue weighted by Gasteiger charge is -2.31. The van der Waals surface area contributed by atoms with Gasteiger partial charge < -0.3 is 9.47 Å². The minimum atomic E-state index is -0.262. The topological polar surface area (TPSA) is 78.1 Å². The smallest absolute Gasteiger partial charge is 0.358 e. The molecule has 0 spiro atoms. The van der Waals surface area contributed by atoms with E-state index in [0.717, 1.165) is 25.9 Å². The highest BCUT2D eigenvalue weighted by Gasteiger charge is 2.22. The standard InChI is InChI=1S/C22H26N4O4/c1-3-30-21(27)15-24-13-11-17(12-14-24)16-7-9-18(10-8-16)26-22(28)25-19(23-26)5-4-6-20(25)29-2/h4-10,17H,3,11-15H2,1-2H3. The molecular weight excluding hydrogens is 384 g/mol. The van der Waals surface area contributed by atoms with Crippen LogP contribution in [0.1, 0.15) is 31.2 Å². The van der Waals surface area contributed by atoms with Gasteiger partial charge in [-0.25, -0.2) is 9.20 Å². The van der Waals surface area contributed by atoms with Crippen LogP contribution >= 0.6 is 0 Å². The fraction of sp³-hybridized carbons (Fsp3) is 0.409. The summed E-state index contributed by atoms with van der Waals surface area (Å²) < 4.78 is 13.2. The molecular formula is C22H26N4O4. The maximum atomic E-state index is 12.8. The minimum absolute atomic E-state index is 0.158. The van der Waals surface area contributed by atoms with Gasteiger partial charge in [-0.15, -0.1) is 5.10 Å². The number of piperidine rings is 1. The molecule has 1 aliphatic rings. The Hall–Kier alpha value is -3.13. The molecule has 2 aromatic heterocycles. The summed E-state index contributed by atoms with van der Waals surface area (Å²) in [5.74, 6) is 0.736. The van der Waals surface area contributed by atoms with Crippen LogP contribution in [0.2, 0.25) is 0 Å². The number of hydrogen-bond donors (Lipinski definition) is 0. The van der Waals surface area contributed by atoms with Gasteiger partial charge in [0.2, 0.25) is 5.88 Å². The molecule has 0 bridgehead atoms. The Morgan fingerprint density at radius 3 is 2.53 bits per heavy atom. The molecule has 3 aromatic rings. The first-order chi connectivity index (χ1) is 14.6. The molecule has 0 saturated carbocycles. The largest absolute Gasteiger partial charge is 0.482 e. The summed E-state index contributed by atoms with van der Waals surface area (Å²) in [5, 5.41) is 4.42. The molecule has 158 valence electrons. The van der Waals surface area contributed by atoms with Crippen molar-refractivity contribution in [3.05, 3.63) is 58.5 Å². The Balaban J connectivity index is 1.47. The third-order valence-electron chi connectivity index (χ3n) is 5.57. The molecule has 30 heavy (non-hydrogen) atoms. The third-order valence-corrected chi connectivity index (χ3v) is 5.57. The third kappa shape index (κ3) is 3.95. The van der Waals surface area contributed by atoms with Crippen molar-refractivity contribution < 1.29 is 14.3 Å². The van der Waals surface area contributed by atoms with Crippen molar-refractivity contribution in [1.29, 1.82) is 0 Å². The van der Waals surface area contributed by atoms with Crippen LogP contribution in [0.5, 0.6) is 5.88 Å². The Bertz CT molecular complexity index is 1080. The number of carbonyl (C=O) groups excluding carboxylic acids is 1. The van der Waals surface area contributed by atoms with E-state index in [1.54, 1.807) is 12.1 Å². The number of benzene rings is 1. The Morgan fingerprint density at radius 1 is 1.13 bits per heavy atom. The zero-order chi connectivity index (χ0) is 21.1. The molecule has 1 aromatic carbocycles. The van der Waals surface area contributed by atoms with Crippen LogP contribution in [-0.4, -0.2) is 58.4 Å². The number of pyridine rings is 1. The summed E-state index contributed by atoms with van der Waals surface area (Å²) in [4.78, 5) is 26.6. The number of fused-ring (bicyclic) bond motifs is 1. The number of aromatic nitrogens is 3. The number of likely N-dealkylation sites (tertiary alicyclic amines) is 1. The number of esters is 1. The van der Waals surface area contributed by atoms with Crippen molar-refractivity contribution in [3.8, 4) is 11.6 Å². The van der Waals surface area contributed by atoms with Crippen molar-refractivity contribution in [2.75, 3.05) is 33.4 Å². The van der Waals surface area contributed by atoms with Crippen LogP contribution in [0.4, 0.5) is 0 Å². The summed E-state index contributed by atoms with van der Waals surface area (Å²) in [7, 11) is 1.53. The molecule has 8 nitrogen and oxygen atoms in total. The van der Waals surface area contributed by atoms with Crippen LogP contribution in [-0.2, 0) is 9.53 Å². The van der Waals surface area contributed by atoms with Crippen molar-refractivity contribution >= 4 is 11.6 Å². The van der Waals surface area contributed by atoms with E-state index >= 15 is 0 Å². The molecule has 0 amide bonds. The quantitative estimate of drug-likeness (QED) is 0.580. The summed E-state index contributed by atoms with van der Waals surface area (Å²) in [6, 6.07) is 13.3. The van der Waals surface area contributed by atoms with E-state index in [1.165, 1.54) is 21.8 Å². The molecule has 0 unspecified atom stereocenters. The number of ether oxygens (including phenoxy) is 2.